The van der Waals surface area contributed by atoms with Crippen LogP contribution in [0.25, 0.3) is 0 Å². The first kappa shape index (κ1) is 44.8. The molecule has 0 rings (SSSR count). The number of amides is 2. The van der Waals surface area contributed by atoms with E-state index in [0.29, 0.717) is 78.6 Å². The molecule has 0 bridgehead atoms. The van der Waals surface area contributed by atoms with Crippen LogP contribution in [0.4, 0.5) is 0 Å². The van der Waals surface area contributed by atoms with E-state index in [4.69, 9.17) is 24.1 Å². The molecule has 0 aromatic heterocycles. The second-order valence-electron chi connectivity index (χ2n) is 12.2. The molecule has 0 atom stereocenters. The lowest BCUT2D eigenvalue weighted by molar-refractivity contribution is -0.144. The van der Waals surface area contributed by atoms with Crippen molar-refractivity contribution < 1.29 is 43.2 Å². The molecule has 11 heteroatoms. The highest BCUT2D eigenvalue weighted by atomic mass is 16.5. The Morgan fingerprint density at radius 1 is 0.447 bits per heavy atom. The minimum atomic E-state index is -0.978. The van der Waals surface area contributed by atoms with Gasteiger partial charge in [0, 0.05) is 45.6 Å². The molecule has 2 amide bonds. The van der Waals surface area contributed by atoms with Crippen molar-refractivity contribution in [3.8, 4) is 0 Å². The van der Waals surface area contributed by atoms with E-state index in [-0.39, 0.29) is 30.6 Å². The highest BCUT2D eigenvalue weighted by Gasteiger charge is 2.05. The summed E-state index contributed by atoms with van der Waals surface area (Å²) in [4.78, 5) is 45.4. The summed E-state index contributed by atoms with van der Waals surface area (Å²) in [5.74, 6) is -1.15. The number of carbonyl (C=O) groups is 4. The van der Waals surface area contributed by atoms with E-state index in [2.05, 4.69) is 17.6 Å². The first-order valence-electron chi connectivity index (χ1n) is 18.6. The maximum atomic E-state index is 12.0. The highest BCUT2D eigenvalue weighted by molar-refractivity contribution is 5.80. The lowest BCUT2D eigenvalue weighted by atomic mass is 10.0. The maximum absolute atomic E-state index is 12.0. The molecule has 0 aromatic rings. The Labute approximate surface area is 285 Å². The van der Waals surface area contributed by atoms with Crippen LogP contribution in [-0.2, 0) is 38.1 Å². The minimum absolute atomic E-state index is 0.00550. The van der Waals surface area contributed by atoms with Crippen LogP contribution < -0.4 is 10.6 Å². The summed E-state index contributed by atoms with van der Waals surface area (Å²) in [5, 5.41) is 14.2. The Hall–Kier alpha value is -2.24. The summed E-state index contributed by atoms with van der Waals surface area (Å²) in [6, 6.07) is 0. The van der Waals surface area contributed by atoms with Crippen molar-refractivity contribution in [2.45, 2.75) is 148 Å². The van der Waals surface area contributed by atoms with Gasteiger partial charge in [-0.05, 0) is 32.1 Å². The number of nitrogens with one attached hydrogen (secondary N) is 2. The Bertz CT molecular complexity index is 752. The first-order valence-corrected chi connectivity index (χ1v) is 18.6. The largest absolute Gasteiger partial charge is 0.481 e. The van der Waals surface area contributed by atoms with Gasteiger partial charge in [0.05, 0.1) is 39.5 Å². The van der Waals surface area contributed by atoms with Crippen molar-refractivity contribution in [3.05, 3.63) is 0 Å². The Morgan fingerprint density at radius 2 is 0.851 bits per heavy atom. The van der Waals surface area contributed by atoms with Crippen LogP contribution in [0, 0.1) is 0 Å². The predicted octanol–water partition coefficient (Wildman–Crippen LogP) is 6.50. The molecule has 0 spiro atoms. The molecule has 0 aliphatic carbocycles. The van der Waals surface area contributed by atoms with Gasteiger partial charge in [-0.15, -0.1) is 0 Å². The van der Waals surface area contributed by atoms with E-state index in [1.807, 2.05) is 0 Å². The fourth-order valence-corrected chi connectivity index (χ4v) is 4.82. The number of hydrogen-bond acceptors (Lipinski definition) is 8. The number of hydrogen-bond donors (Lipinski definition) is 3. The molecular formula is C36H68N2O9. The third-order valence-corrected chi connectivity index (χ3v) is 7.68. The van der Waals surface area contributed by atoms with Crippen molar-refractivity contribution in [3.63, 3.8) is 0 Å². The third kappa shape index (κ3) is 38.1. The highest BCUT2D eigenvalue weighted by Crippen LogP contribution is 2.14. The lowest BCUT2D eigenvalue weighted by Crippen LogP contribution is -2.25. The average molecular weight is 673 g/mol. The van der Waals surface area contributed by atoms with Crippen LogP contribution in [0.1, 0.15) is 148 Å². The van der Waals surface area contributed by atoms with Gasteiger partial charge in [0.2, 0.25) is 11.8 Å². The van der Waals surface area contributed by atoms with Crippen LogP contribution in [0.3, 0.4) is 0 Å². The zero-order valence-corrected chi connectivity index (χ0v) is 29.6. The van der Waals surface area contributed by atoms with Crippen molar-refractivity contribution in [2.24, 2.45) is 0 Å². The molecule has 0 aromatic carbocycles. The van der Waals surface area contributed by atoms with E-state index in [1.165, 1.54) is 64.2 Å². The van der Waals surface area contributed by atoms with Crippen molar-refractivity contribution in [2.75, 3.05) is 59.3 Å². The van der Waals surface area contributed by atoms with E-state index >= 15 is 0 Å². The number of ether oxygens (including phenoxy) is 4. The van der Waals surface area contributed by atoms with Gasteiger partial charge in [0.25, 0.3) is 0 Å². The third-order valence-electron chi connectivity index (χ3n) is 7.68. The molecule has 0 saturated carbocycles. The quantitative estimate of drug-likeness (QED) is 0.0497. The molecule has 0 saturated heterocycles. The molecule has 47 heavy (non-hydrogen) atoms. The van der Waals surface area contributed by atoms with Gasteiger partial charge >= 0.3 is 11.9 Å². The molecule has 0 aliphatic heterocycles. The topological polar surface area (TPSA) is 149 Å². The standard InChI is InChI=1S/C36H68N2O9/c1-2-3-28-47-36(43)21-17-15-13-11-9-7-5-4-6-8-10-12-14-16-20-33(39)37-24-18-26-44-29-31-46-32-30-45-27-19-25-38-34(40)22-23-35(41)42/h2-32H2,1H3,(H,37,39)(H,38,40)(H,41,42). The first-order chi connectivity index (χ1) is 23.0. The summed E-state index contributed by atoms with van der Waals surface area (Å²) in [6.07, 6.45) is 21.5. The van der Waals surface area contributed by atoms with Gasteiger partial charge in [-0.25, -0.2) is 0 Å². The molecule has 0 fully saturated rings. The lowest BCUT2D eigenvalue weighted by Gasteiger charge is -2.08. The minimum Gasteiger partial charge on any atom is -0.481 e. The van der Waals surface area contributed by atoms with Crippen LogP contribution in [0.5, 0.6) is 0 Å². The van der Waals surface area contributed by atoms with Gasteiger partial charge in [-0.1, -0.05) is 90.4 Å². The summed E-state index contributed by atoms with van der Waals surface area (Å²) in [7, 11) is 0. The van der Waals surface area contributed by atoms with E-state index in [1.54, 1.807) is 0 Å². The SMILES string of the molecule is CCCCOC(=O)CCCCCCCCCCCCCCCCC(=O)NCCCOCCOCCOCCCNC(=O)CCC(=O)O. The number of carboxylic acid groups (broad SMARTS) is 1. The van der Waals surface area contributed by atoms with Crippen molar-refractivity contribution in [1.82, 2.24) is 10.6 Å². The van der Waals surface area contributed by atoms with E-state index in [0.717, 1.165) is 44.9 Å². The summed E-state index contributed by atoms with van der Waals surface area (Å²) in [5.41, 5.74) is 0. The summed E-state index contributed by atoms with van der Waals surface area (Å²) < 4.78 is 21.6. The Morgan fingerprint density at radius 3 is 1.30 bits per heavy atom. The fraction of sp³-hybridized carbons (Fsp3) is 0.889. The van der Waals surface area contributed by atoms with Gasteiger partial charge in [-0.2, -0.15) is 0 Å². The number of carbonyl (C=O) groups excluding carboxylic acids is 3. The number of rotatable bonds is 37. The molecule has 0 radical (unpaired) electrons. The normalized spacial score (nSPS) is 11.0. The fourth-order valence-electron chi connectivity index (χ4n) is 4.82. The van der Waals surface area contributed by atoms with Crippen LogP contribution in [0.2, 0.25) is 0 Å². The molecule has 276 valence electrons. The number of aliphatic carboxylic acids is 1. The Balaban J connectivity index is 3.22. The van der Waals surface area contributed by atoms with Crippen LogP contribution in [0.15, 0.2) is 0 Å². The van der Waals surface area contributed by atoms with Gasteiger partial charge in [-0.3, -0.25) is 19.2 Å². The molecule has 3 N–H and O–H groups in total. The second-order valence-corrected chi connectivity index (χ2v) is 12.2. The number of carboxylic acids is 1. The predicted molar refractivity (Wildman–Crippen MR) is 184 cm³/mol. The number of unbranched alkanes of at least 4 members (excludes halogenated alkanes) is 14. The summed E-state index contributed by atoms with van der Waals surface area (Å²) >= 11 is 0. The van der Waals surface area contributed by atoms with Gasteiger partial charge < -0.3 is 34.7 Å². The molecule has 11 nitrogen and oxygen atoms in total. The van der Waals surface area contributed by atoms with Crippen molar-refractivity contribution >= 4 is 23.8 Å². The zero-order valence-electron chi connectivity index (χ0n) is 29.6. The summed E-state index contributed by atoms with van der Waals surface area (Å²) in [6.45, 7) is 6.74. The maximum Gasteiger partial charge on any atom is 0.305 e. The smallest absolute Gasteiger partial charge is 0.305 e. The van der Waals surface area contributed by atoms with E-state index in [9.17, 15) is 19.2 Å². The monoisotopic (exact) mass is 672 g/mol. The molecule has 0 aliphatic rings. The molecular weight excluding hydrogens is 604 g/mol. The molecule has 0 unspecified atom stereocenters. The van der Waals surface area contributed by atoms with Gasteiger partial charge in [0.1, 0.15) is 0 Å². The number of esters is 1. The van der Waals surface area contributed by atoms with E-state index < -0.39 is 5.97 Å². The zero-order chi connectivity index (χ0) is 34.5. The van der Waals surface area contributed by atoms with Crippen LogP contribution in [-0.4, -0.2) is 88.2 Å². The van der Waals surface area contributed by atoms with Crippen molar-refractivity contribution in [1.29, 1.82) is 0 Å². The second kappa shape index (κ2) is 36.6. The molecule has 0 heterocycles. The van der Waals surface area contributed by atoms with Gasteiger partial charge in [0.15, 0.2) is 0 Å². The van der Waals surface area contributed by atoms with Crippen LogP contribution >= 0.6 is 0 Å². The average Bonchev–Trinajstić information content (AvgIpc) is 3.05. The Kier molecular flexibility index (Phi) is 34.8.